The Hall–Kier alpha value is -8.58. The number of aliphatic hydroxyl groups excluding tert-OH is 4. The highest BCUT2D eigenvalue weighted by molar-refractivity contribution is 7.92. The molecule has 5 aliphatic heterocycles. The van der Waals surface area contributed by atoms with Crippen molar-refractivity contribution in [1.29, 1.82) is 0 Å². The summed E-state index contributed by atoms with van der Waals surface area (Å²) in [4.78, 5) is 189. The van der Waals surface area contributed by atoms with Gasteiger partial charge in [-0.25, -0.2) is 26.4 Å². The Labute approximate surface area is 862 Å². The van der Waals surface area contributed by atoms with Crippen LogP contribution in [-0.4, -0.2) is 259 Å². The zero-order valence-electron chi connectivity index (χ0n) is 90.9. The summed E-state index contributed by atoms with van der Waals surface area (Å²) in [5, 5.41) is 50.6. The minimum atomic E-state index is -3.91. The van der Waals surface area contributed by atoms with E-state index in [4.69, 9.17) is 23.7 Å². The predicted octanol–water partition coefficient (Wildman–Crippen LogP) is 13.5. The number of aliphatic hydroxyl groups is 4. The summed E-state index contributed by atoms with van der Waals surface area (Å²) in [6, 6.07) is -3.86. The first-order chi connectivity index (χ1) is 66.9. The van der Waals surface area contributed by atoms with E-state index >= 15 is 0 Å². The van der Waals surface area contributed by atoms with Crippen molar-refractivity contribution < 1.29 is 133 Å². The minimum absolute atomic E-state index is 0.000669. The Balaban J connectivity index is 0.000000301. The Kier molecular flexibility index (Phi) is 45.1. The number of esters is 5. The molecule has 4 aliphatic carbocycles. The van der Waals surface area contributed by atoms with Gasteiger partial charge in [0.05, 0.1) is 113 Å². The van der Waals surface area contributed by atoms with Crippen LogP contribution in [0.2, 0.25) is 0 Å². The number of aliphatic carboxylic acids is 1. The minimum Gasteiger partial charge on any atom is -0.480 e. The quantitative estimate of drug-likeness (QED) is 0.0170. The van der Waals surface area contributed by atoms with Crippen LogP contribution in [0.5, 0.6) is 0 Å². The first kappa shape index (κ1) is 125. The van der Waals surface area contributed by atoms with Crippen LogP contribution in [0.3, 0.4) is 0 Å². The van der Waals surface area contributed by atoms with E-state index in [9.17, 15) is 109 Å². The average molecular weight is 2080 g/mol. The van der Waals surface area contributed by atoms with Crippen LogP contribution in [0.1, 0.15) is 332 Å². The number of hydrogen-bond donors (Lipinski definition) is 7. The zero-order chi connectivity index (χ0) is 110. The van der Waals surface area contributed by atoms with Crippen molar-refractivity contribution >= 4 is 103 Å². The number of carboxylic acids is 1. The zero-order valence-corrected chi connectivity index (χ0v) is 92.5. The van der Waals surface area contributed by atoms with Crippen LogP contribution in [0.4, 0.5) is 0 Å². The number of fused-ring (bicyclic) bond motifs is 2. The summed E-state index contributed by atoms with van der Waals surface area (Å²) in [6.45, 7) is 55.4. The van der Waals surface area contributed by atoms with Crippen LogP contribution >= 0.6 is 0 Å². The molecular weight excluding hydrogens is 1910 g/mol. The maximum atomic E-state index is 14.1. The molecule has 3 unspecified atom stereocenters. The number of rotatable bonds is 41. The Morgan fingerprint density at radius 3 is 1.26 bits per heavy atom. The third-order valence-electron chi connectivity index (χ3n) is 30.0. The number of nitrogens with one attached hydrogen (secondary N) is 2. The summed E-state index contributed by atoms with van der Waals surface area (Å²) >= 11 is 0. The van der Waals surface area contributed by atoms with Crippen molar-refractivity contribution in [2.45, 2.75) is 413 Å². The molecule has 0 aromatic heterocycles. The van der Waals surface area contributed by atoms with E-state index in [2.05, 4.69) is 63.5 Å². The molecule has 6 amide bonds. The molecule has 0 radical (unpaired) electrons. The second kappa shape index (κ2) is 52.2. The number of likely N-dealkylation sites (tertiary alicyclic amines) is 3. The highest BCUT2D eigenvalue weighted by Crippen LogP contribution is 2.59. The molecule has 7 N–H and O–H groups in total. The number of sulfonamides is 2. The van der Waals surface area contributed by atoms with Gasteiger partial charge >= 0.3 is 35.8 Å². The number of nitrogens with zero attached hydrogens (tertiary/aromatic N) is 4. The highest BCUT2D eigenvalue weighted by Gasteiger charge is 2.65. The van der Waals surface area contributed by atoms with Crippen molar-refractivity contribution in [1.82, 2.24) is 29.0 Å². The third-order valence-corrected chi connectivity index (χ3v) is 34.3. The number of β-amino-alcohol motifs (C(OH)–C–C–N with tert-alkyl or cyclic N) is 3. The SMILES string of the molecule is C=CCCC(C)C[C@@H](C)[C@H](CC(=O)OC(C)(C)C)C(=O)N1C[C@H](O)C[C@H]1C(=O)C[C@]1(C(=O)NS(=O)(=O)C2(C)CC2)C[C@H]1C=C.C=CCCC(C)C[C@@H](C)[C@H](CC(=O)OC(C)(C)C)C(=O)N1C[C@H](O)C[C@H]1C(=O)O.C=CCCC(C)C[C@@H](C)[C@H](CC(=O)OC(C)(C)C)C(=O)N1C[C@H](O)C[C@H]1C(=O)OC.C[C@@H]1CC/C=C\[C@@H]2C[C@@]2(C(=O)NS(=O)(=O)C2(C)CC2)CC(=O)[C@@H]2C[C@@H](O)CN2C(=O)[C@@H](CC(=O)OC(C)(C)C)[C@H](C)C1. The maximum Gasteiger partial charge on any atom is 0.328 e. The van der Waals surface area contributed by atoms with E-state index in [1.807, 2.05) is 58.1 Å². The summed E-state index contributed by atoms with van der Waals surface area (Å²) in [5.74, 6) is -10.3. The van der Waals surface area contributed by atoms with E-state index in [0.29, 0.717) is 56.8 Å². The van der Waals surface area contributed by atoms with Gasteiger partial charge in [0.1, 0.15) is 34.5 Å². The molecule has 34 nitrogen and oxygen atoms in total. The molecular formula is C109H176N6O28S2. The van der Waals surface area contributed by atoms with Gasteiger partial charge in [-0.3, -0.25) is 67.0 Å². The fourth-order valence-electron chi connectivity index (χ4n) is 20.9. The van der Waals surface area contributed by atoms with E-state index < -0.39 is 200 Å². The van der Waals surface area contributed by atoms with Gasteiger partial charge < -0.3 is 68.8 Å². The summed E-state index contributed by atoms with van der Waals surface area (Å²) in [7, 11) is -6.54. The number of amides is 6. The van der Waals surface area contributed by atoms with Crippen LogP contribution in [-0.2, 0) is 111 Å². The molecule has 8 fully saturated rings. The summed E-state index contributed by atoms with van der Waals surface area (Å²) in [6.07, 6.45) is 18.9. The van der Waals surface area contributed by atoms with Gasteiger partial charge in [-0.2, -0.15) is 0 Å². The second-order valence-electron chi connectivity index (χ2n) is 48.1. The number of hydrogen-bond acceptors (Lipinski definition) is 27. The molecule has 0 bridgehead atoms. The topological polar surface area (TPSA) is 492 Å². The lowest BCUT2D eigenvalue weighted by Crippen LogP contribution is -2.48. The number of Topliss-reactive ketones (excluding diaryl/α,β-unsaturated/α-hetero) is 2. The standard InChI is InChI=1S/C33H52N2O8S.C31H48N2O8S.C23H39NO6.C22H37NO6/c1-9-11-12-21(3)15-22(4)25(17-28(38)43-31(5,6)7)29(39)35-20-24(36)16-26(35)27(37)19-33(18-23(33)10-2)30(40)34-44(41,42)32(8)13-14-32;1-19-9-7-8-10-21-16-31(21,28(38)32-42(39,40)30(6)11-12-30)17-25(35)24-14-22(34)18-33(24)27(37)23(20(2)13-19)15-26(36)41-29(3,4)5;1-8-9-10-15(2)11-16(3)18(13-20(26)30-23(4,5)6)21(27)24-14-17(25)12-19(24)22(28)29-7;1-7-8-9-14(2)10-15(3)17(12-19(25)29-22(4,5)6)20(26)23-13-16(24)11-18(23)21(27)28/h9-10,21-26,36H,1-2,11-20H2,3-8H3,(H,34,40);8,10,19-24,34H,7,9,11-18H2,1-6H3,(H,32,38);8,15-19,25H,1,9-14H2,2-7H3;7,14-18,24H,1,8-13H2,2-6H3,(H,27,28)/b;10-8-;;/t21?,22-,23-,24-,25+,26+,33-;19-,20-,21-,22-,23+,24+,31-;15?,16-,17-,18+,19+;14?,15-,16-,17+,18+/m1111/s1. The first-order valence-corrected chi connectivity index (χ1v) is 55.3. The molecule has 5 heterocycles. The second-order valence-corrected chi connectivity index (χ2v) is 52.5. The maximum absolute atomic E-state index is 14.1. The van der Waals surface area contributed by atoms with Crippen LogP contribution in [0.15, 0.2) is 62.8 Å². The fourth-order valence-corrected chi connectivity index (χ4v) is 23.6. The molecule has 0 aromatic rings. The molecule has 36 heteroatoms. The smallest absolute Gasteiger partial charge is 0.328 e. The van der Waals surface area contributed by atoms with Gasteiger partial charge in [-0.05, 0) is 272 Å². The van der Waals surface area contributed by atoms with Crippen molar-refractivity contribution in [2.24, 2.45) is 93.7 Å². The molecule has 4 saturated carbocycles. The van der Waals surface area contributed by atoms with Crippen molar-refractivity contribution in [3.05, 3.63) is 62.8 Å². The molecule has 9 aliphatic rings. The average Bonchev–Trinajstić information content (AvgIpc) is 1.57. The molecule has 0 aromatic carbocycles. The van der Waals surface area contributed by atoms with Crippen LogP contribution < -0.4 is 9.44 Å². The van der Waals surface area contributed by atoms with Crippen molar-refractivity contribution in [3.63, 3.8) is 0 Å². The van der Waals surface area contributed by atoms with Crippen molar-refractivity contribution in [2.75, 3.05) is 33.3 Å². The van der Waals surface area contributed by atoms with Gasteiger partial charge in [0.15, 0.2) is 11.6 Å². The number of carbonyl (C=O) groups excluding carboxylic acids is 13. The number of carbonyl (C=O) groups is 14. The Morgan fingerprint density at radius 2 is 0.890 bits per heavy atom. The van der Waals surface area contributed by atoms with Crippen molar-refractivity contribution in [3.8, 4) is 0 Å². The number of allylic oxidation sites excluding steroid dienone is 6. The van der Waals surface area contributed by atoms with E-state index in [1.165, 1.54) is 26.7 Å². The first-order valence-electron chi connectivity index (χ1n) is 52.3. The third kappa shape index (κ3) is 36.7. The van der Waals surface area contributed by atoms with E-state index in [0.717, 1.165) is 64.2 Å². The van der Waals surface area contributed by atoms with Gasteiger partial charge in [0.25, 0.3) is 0 Å². The van der Waals surface area contributed by atoms with E-state index in [-0.39, 0.29) is 162 Å². The lowest BCUT2D eigenvalue weighted by atomic mass is 9.82. The molecule has 24 atom stereocenters. The monoisotopic (exact) mass is 2080 g/mol. The summed E-state index contributed by atoms with van der Waals surface area (Å²) < 4.78 is 80.7. The predicted molar refractivity (Wildman–Crippen MR) is 548 cm³/mol. The van der Waals surface area contributed by atoms with E-state index in [1.54, 1.807) is 103 Å². The highest BCUT2D eigenvalue weighted by atomic mass is 32.2. The molecule has 145 heavy (non-hydrogen) atoms. The number of methoxy groups -OCH3 is 1. The van der Waals surface area contributed by atoms with Gasteiger partial charge in [-0.15, -0.1) is 26.3 Å². The summed E-state index contributed by atoms with van der Waals surface area (Å²) in [5.41, 5.74) is -5.27. The fraction of sp³-hybridized carbons (Fsp3) is 0.780. The Bertz CT molecular complexity index is 4840. The number of ether oxygens (including phenoxy) is 5. The van der Waals surface area contributed by atoms with Gasteiger partial charge in [0, 0.05) is 64.7 Å². The van der Waals surface area contributed by atoms with Crippen LogP contribution in [0.25, 0.3) is 0 Å². The number of carboxylic acid groups (broad SMARTS) is 1. The Morgan fingerprint density at radius 1 is 0.517 bits per heavy atom. The lowest BCUT2D eigenvalue weighted by molar-refractivity contribution is -0.161. The largest absolute Gasteiger partial charge is 0.480 e. The normalized spacial score (nSPS) is 28.0. The van der Waals surface area contributed by atoms with Gasteiger partial charge in [0.2, 0.25) is 55.5 Å². The molecule has 9 rings (SSSR count). The molecule has 822 valence electrons. The molecule has 4 saturated heterocycles. The van der Waals surface area contributed by atoms with Crippen LogP contribution in [0, 0.1) is 93.7 Å². The van der Waals surface area contributed by atoms with Gasteiger partial charge in [-0.1, -0.05) is 91.8 Å². The lowest BCUT2D eigenvalue weighted by Gasteiger charge is -2.32. The molecule has 0 spiro atoms. The number of ketones is 2.